The van der Waals surface area contributed by atoms with Crippen molar-refractivity contribution in [1.29, 1.82) is 0 Å². The summed E-state index contributed by atoms with van der Waals surface area (Å²) in [6, 6.07) is 0. The van der Waals surface area contributed by atoms with Crippen molar-refractivity contribution in [3.8, 4) is 0 Å². The lowest BCUT2D eigenvalue weighted by molar-refractivity contribution is -0.161. The van der Waals surface area contributed by atoms with Crippen molar-refractivity contribution < 1.29 is 80.2 Å². The second-order valence-electron chi connectivity index (χ2n) is 27.4. The van der Waals surface area contributed by atoms with E-state index in [9.17, 15) is 43.2 Å². The number of carbonyl (C=O) groups is 4. The van der Waals surface area contributed by atoms with Crippen molar-refractivity contribution in [2.24, 2.45) is 0 Å². The first-order chi connectivity index (χ1) is 51.7. The minimum absolute atomic E-state index is 0.0308. The Morgan fingerprint density at radius 1 is 0.264 bits per heavy atom. The van der Waals surface area contributed by atoms with Crippen molar-refractivity contribution >= 4 is 39.5 Å². The maximum absolute atomic E-state index is 13.1. The molecule has 0 spiro atoms. The van der Waals surface area contributed by atoms with Gasteiger partial charge in [0.2, 0.25) is 0 Å². The number of hydrogen-bond acceptors (Lipinski definition) is 15. The number of unbranched alkanes of at least 4 members (excludes halogenated alkanes) is 29. The molecule has 608 valence electrons. The van der Waals surface area contributed by atoms with E-state index in [1.807, 2.05) is 30.4 Å². The molecule has 106 heavy (non-hydrogen) atoms. The second-order valence-corrected chi connectivity index (χ2v) is 30.3. The van der Waals surface area contributed by atoms with E-state index >= 15 is 0 Å². The van der Waals surface area contributed by atoms with Gasteiger partial charge in [0, 0.05) is 25.7 Å². The summed E-state index contributed by atoms with van der Waals surface area (Å²) in [7, 11) is -10.0. The van der Waals surface area contributed by atoms with Crippen LogP contribution in [0.1, 0.15) is 336 Å². The molecule has 0 aliphatic carbocycles. The van der Waals surface area contributed by atoms with Gasteiger partial charge in [-0.2, -0.15) is 0 Å². The molecule has 0 rings (SSSR count). The molecule has 0 saturated heterocycles. The molecule has 19 heteroatoms. The number of rotatable bonds is 77. The molecule has 0 bridgehead atoms. The zero-order chi connectivity index (χ0) is 77.4. The monoisotopic (exact) mass is 1530 g/mol. The van der Waals surface area contributed by atoms with Crippen molar-refractivity contribution in [1.82, 2.24) is 0 Å². The minimum Gasteiger partial charge on any atom is -0.462 e. The number of phosphoric ester groups is 2. The Morgan fingerprint density at radius 2 is 0.481 bits per heavy atom. The Hall–Kier alpha value is -4.80. The largest absolute Gasteiger partial charge is 0.472 e. The summed E-state index contributed by atoms with van der Waals surface area (Å²) >= 11 is 0. The van der Waals surface area contributed by atoms with E-state index in [4.69, 9.17) is 37.0 Å². The van der Waals surface area contributed by atoms with E-state index < -0.39 is 97.5 Å². The Bertz CT molecular complexity index is 2530. The van der Waals surface area contributed by atoms with Crippen molar-refractivity contribution in [3.63, 3.8) is 0 Å². The molecule has 0 radical (unpaired) electrons. The first-order valence-corrected chi connectivity index (χ1v) is 44.4. The summed E-state index contributed by atoms with van der Waals surface area (Å²) in [5, 5.41) is 10.6. The number of aliphatic hydroxyl groups excluding tert-OH is 1. The Morgan fingerprint density at radius 3 is 0.821 bits per heavy atom. The van der Waals surface area contributed by atoms with Crippen LogP contribution in [0.2, 0.25) is 0 Å². The lowest BCUT2D eigenvalue weighted by atomic mass is 10.0. The van der Waals surface area contributed by atoms with Gasteiger partial charge in [0.15, 0.2) is 12.2 Å². The van der Waals surface area contributed by atoms with Gasteiger partial charge in [0.1, 0.15) is 19.3 Å². The van der Waals surface area contributed by atoms with Gasteiger partial charge in [-0.3, -0.25) is 37.3 Å². The summed E-state index contributed by atoms with van der Waals surface area (Å²) < 4.78 is 68.5. The number of aliphatic hydroxyl groups is 1. The topological polar surface area (TPSA) is 237 Å². The third kappa shape index (κ3) is 77.4. The van der Waals surface area contributed by atoms with Crippen molar-refractivity contribution in [2.75, 3.05) is 39.6 Å². The SMILES string of the molecule is CCCCC/C=C\C/C=C\C/C=C\C/C=C\C/C=C\CCC(=O)OC[C@H](COP(=O)(O)OC[C@@H](O)COP(=O)(O)OC[C@@H](COC(=O)CCCCCCCCCCCCCCCCC)OC(=O)CC/C=C\C/C=C\C/C=C\C/C=C\C/C=C\CCCCC)OC(=O)CCCCCCC/C=C\CCCCCC. The maximum Gasteiger partial charge on any atom is 0.472 e. The van der Waals surface area contributed by atoms with Crippen molar-refractivity contribution in [2.45, 2.75) is 354 Å². The van der Waals surface area contributed by atoms with Gasteiger partial charge in [-0.15, -0.1) is 0 Å². The van der Waals surface area contributed by atoms with Gasteiger partial charge in [-0.25, -0.2) is 9.13 Å². The third-order valence-corrected chi connectivity index (χ3v) is 19.0. The summed E-state index contributed by atoms with van der Waals surface area (Å²) in [5.74, 6) is -2.37. The average molecular weight is 1530 g/mol. The highest BCUT2D eigenvalue weighted by Gasteiger charge is 2.30. The lowest BCUT2D eigenvalue weighted by Crippen LogP contribution is -2.30. The average Bonchev–Trinajstić information content (AvgIpc) is 0.899. The van der Waals surface area contributed by atoms with Crippen LogP contribution in [0.3, 0.4) is 0 Å². The fraction of sp³-hybridized carbons (Fsp3) is 0.701. The maximum atomic E-state index is 13.1. The number of hydrogen-bond donors (Lipinski definition) is 3. The Balaban J connectivity index is 5.48. The molecular formula is C87H148O17P2. The molecule has 0 amide bonds. The zero-order valence-corrected chi connectivity index (χ0v) is 68.4. The molecule has 5 atom stereocenters. The Labute approximate surface area is 644 Å². The van der Waals surface area contributed by atoms with E-state index in [1.165, 1.54) is 128 Å². The number of ether oxygens (including phenoxy) is 4. The molecule has 0 aliphatic rings. The van der Waals surface area contributed by atoms with Crippen molar-refractivity contribution in [3.05, 3.63) is 134 Å². The normalized spacial score (nSPS) is 14.5. The van der Waals surface area contributed by atoms with Crippen LogP contribution < -0.4 is 0 Å². The molecule has 2 unspecified atom stereocenters. The highest BCUT2D eigenvalue weighted by atomic mass is 31.2. The van der Waals surface area contributed by atoms with Crippen LogP contribution in [0.15, 0.2) is 134 Å². The summed E-state index contributed by atoms with van der Waals surface area (Å²) in [5.41, 5.74) is 0. The van der Waals surface area contributed by atoms with E-state index in [0.29, 0.717) is 38.5 Å². The minimum atomic E-state index is -5.00. The summed E-state index contributed by atoms with van der Waals surface area (Å²) in [6.07, 6.45) is 88.8. The van der Waals surface area contributed by atoms with E-state index in [1.54, 1.807) is 0 Å². The molecule has 0 aromatic rings. The van der Waals surface area contributed by atoms with Crippen LogP contribution >= 0.6 is 15.6 Å². The second kappa shape index (κ2) is 78.3. The first-order valence-electron chi connectivity index (χ1n) is 41.4. The number of phosphoric acid groups is 2. The third-order valence-electron chi connectivity index (χ3n) is 17.1. The van der Waals surface area contributed by atoms with Gasteiger partial charge in [-0.05, 0) is 128 Å². The van der Waals surface area contributed by atoms with E-state index in [0.717, 1.165) is 116 Å². The van der Waals surface area contributed by atoms with E-state index in [-0.39, 0.29) is 25.7 Å². The molecule has 0 fully saturated rings. The molecule has 0 aromatic heterocycles. The molecule has 0 aromatic carbocycles. The van der Waals surface area contributed by atoms with Gasteiger partial charge in [-0.1, -0.05) is 315 Å². The van der Waals surface area contributed by atoms with E-state index in [2.05, 4.69) is 131 Å². The fourth-order valence-electron chi connectivity index (χ4n) is 10.8. The fourth-order valence-corrected chi connectivity index (χ4v) is 12.3. The van der Waals surface area contributed by atoms with Crippen LogP contribution in [-0.4, -0.2) is 96.7 Å². The highest BCUT2D eigenvalue weighted by molar-refractivity contribution is 7.47. The standard InChI is InChI=1S/C87H148O17P2/c1-5-9-13-17-21-25-29-33-36-38-40-42-45-49-52-56-60-64-68-72-85(90)98-77-82(103-86(91)73-69-65-61-57-53-47-32-28-24-20-16-12-8-4)79-101-105(93,94)99-75-81(88)76-100-106(95,96)102-80-83(78-97-84(89)71-67-63-59-55-51-48-44-35-31-27-23-19-15-11-7-3)104-87(92)74-70-66-62-58-54-50-46-43-41-39-37-34-30-26-22-18-14-10-6-2/h21-22,25-26,28,32-34,36-37,40-43,49-50,52,54,60,62,64,66,81-83,88H,5-20,23-24,27,29-31,35,38-39,44-48,51,53,55-59,61,63,65,67-80H2,1-4H3,(H,93,94)(H,95,96)/b25-21-,26-22-,32-28-,36-33-,37-34-,42-40-,43-41-,52-49-,54-50-,64-60-,66-62-/t81-,82-,83-/m1/s1. The van der Waals surface area contributed by atoms with Gasteiger partial charge in [0.25, 0.3) is 0 Å². The molecule has 0 heterocycles. The number of allylic oxidation sites excluding steroid dienone is 22. The summed E-state index contributed by atoms with van der Waals surface area (Å²) in [6.45, 7) is 4.65. The predicted molar refractivity (Wildman–Crippen MR) is 436 cm³/mol. The summed E-state index contributed by atoms with van der Waals surface area (Å²) in [4.78, 5) is 73.0. The van der Waals surface area contributed by atoms with Crippen LogP contribution in [0.4, 0.5) is 0 Å². The van der Waals surface area contributed by atoms with Gasteiger partial charge >= 0.3 is 39.5 Å². The lowest BCUT2D eigenvalue weighted by Gasteiger charge is -2.21. The molecule has 3 N–H and O–H groups in total. The molecule has 0 aliphatic heterocycles. The van der Waals surface area contributed by atoms with Gasteiger partial charge < -0.3 is 33.8 Å². The zero-order valence-electron chi connectivity index (χ0n) is 66.6. The van der Waals surface area contributed by atoms with Crippen LogP contribution in [0.5, 0.6) is 0 Å². The van der Waals surface area contributed by atoms with Gasteiger partial charge in [0.05, 0.1) is 26.4 Å². The molecule has 0 saturated carbocycles. The number of carbonyl (C=O) groups excluding carboxylic acids is 4. The van der Waals surface area contributed by atoms with Crippen LogP contribution in [0, 0.1) is 0 Å². The van der Waals surface area contributed by atoms with Crippen LogP contribution in [0.25, 0.3) is 0 Å². The predicted octanol–water partition coefficient (Wildman–Crippen LogP) is 24.4. The van der Waals surface area contributed by atoms with Crippen LogP contribution in [-0.2, 0) is 65.4 Å². The quantitative estimate of drug-likeness (QED) is 0.0169. The smallest absolute Gasteiger partial charge is 0.462 e. The number of esters is 4. The molecule has 17 nitrogen and oxygen atoms in total. The Kier molecular flexibility index (Phi) is 74.8. The molecular weight excluding hydrogens is 1380 g/mol. The highest BCUT2D eigenvalue weighted by Crippen LogP contribution is 2.45. The first kappa shape index (κ1) is 101.